The van der Waals surface area contributed by atoms with E-state index in [1.54, 1.807) is 0 Å². The van der Waals surface area contributed by atoms with Crippen LogP contribution in [0.15, 0.2) is 29.2 Å². The average molecular weight is 297 g/mol. The highest BCUT2D eigenvalue weighted by Crippen LogP contribution is 2.50. The zero-order valence-electron chi connectivity index (χ0n) is 14.7. The molecule has 0 bridgehead atoms. The summed E-state index contributed by atoms with van der Waals surface area (Å²) >= 11 is 1.83. The van der Waals surface area contributed by atoms with Crippen LogP contribution in [0.25, 0.3) is 0 Å². The van der Waals surface area contributed by atoms with Crippen LogP contribution in [0.1, 0.15) is 61.0 Å². The van der Waals surface area contributed by atoms with Gasteiger partial charge in [-0.1, -0.05) is 45.4 Å². The maximum absolute atomic E-state index is 10.4. The minimum Gasteiger partial charge on any atom is -0.390 e. The summed E-state index contributed by atoms with van der Waals surface area (Å²) < 4.78 is -0.0565. The Kier molecular flexibility index (Phi) is 6.83. The van der Waals surface area contributed by atoms with Gasteiger partial charge in [0.15, 0.2) is 0 Å². The van der Waals surface area contributed by atoms with Gasteiger partial charge in [-0.3, -0.25) is 0 Å². The van der Waals surface area contributed by atoms with E-state index in [-0.39, 0.29) is 10.2 Å². The molecular formula is C18H32OS. The topological polar surface area (TPSA) is 20.2 Å². The maximum atomic E-state index is 10.4. The largest absolute Gasteiger partial charge is 0.390 e. The van der Waals surface area contributed by atoms with Gasteiger partial charge in [0.1, 0.15) is 0 Å². The van der Waals surface area contributed by atoms with E-state index < -0.39 is 5.60 Å². The first-order valence-electron chi connectivity index (χ1n) is 7.45. The van der Waals surface area contributed by atoms with Gasteiger partial charge >= 0.3 is 0 Å². The van der Waals surface area contributed by atoms with Crippen molar-refractivity contribution in [1.82, 2.24) is 0 Å². The molecule has 0 saturated heterocycles. The molecule has 1 rings (SSSR count). The third kappa shape index (κ3) is 4.53. The zero-order chi connectivity index (χ0) is 16.2. The molecule has 0 amide bonds. The van der Waals surface area contributed by atoms with Crippen LogP contribution in [0.4, 0.5) is 0 Å². The molecule has 0 atom stereocenters. The van der Waals surface area contributed by atoms with Crippen molar-refractivity contribution in [2.24, 2.45) is 5.41 Å². The van der Waals surface area contributed by atoms with Gasteiger partial charge in [-0.05, 0) is 46.8 Å². The molecule has 1 aromatic rings. The molecule has 2 heteroatoms. The molecule has 0 unspecified atom stereocenters. The first-order valence-corrected chi connectivity index (χ1v) is 8.27. The number of hydrogen-bond donors (Lipinski definition) is 1. The summed E-state index contributed by atoms with van der Waals surface area (Å²) in [4.78, 5) is 1.26. The quantitative estimate of drug-likeness (QED) is 0.720. The molecule has 0 radical (unpaired) electrons. The summed E-state index contributed by atoms with van der Waals surface area (Å²) in [6.45, 7) is 18.6. The van der Waals surface area contributed by atoms with Crippen LogP contribution in [0.2, 0.25) is 0 Å². The summed E-state index contributed by atoms with van der Waals surface area (Å²) in [6.07, 6.45) is 0. The Morgan fingerprint density at radius 1 is 0.950 bits per heavy atom. The van der Waals surface area contributed by atoms with E-state index in [0.717, 1.165) is 0 Å². The highest BCUT2D eigenvalue weighted by molar-refractivity contribution is 8.00. The molecule has 20 heavy (non-hydrogen) atoms. The van der Waals surface area contributed by atoms with Crippen molar-refractivity contribution >= 4 is 11.8 Å². The lowest BCUT2D eigenvalue weighted by Crippen LogP contribution is -2.51. The lowest BCUT2D eigenvalue weighted by molar-refractivity contribution is -0.0506. The third-order valence-electron chi connectivity index (χ3n) is 4.40. The fourth-order valence-corrected chi connectivity index (χ4v) is 3.32. The minimum absolute atomic E-state index is 0.0565. The second kappa shape index (κ2) is 7.00. The molecule has 0 saturated carbocycles. The predicted molar refractivity (Wildman–Crippen MR) is 92.5 cm³/mol. The number of aliphatic hydroxyl groups is 1. The van der Waals surface area contributed by atoms with Gasteiger partial charge in [-0.25, -0.2) is 0 Å². The Morgan fingerprint density at radius 2 is 1.45 bits per heavy atom. The Bertz CT molecular complexity index is 414. The van der Waals surface area contributed by atoms with Crippen LogP contribution >= 0.6 is 11.8 Å². The molecule has 0 aliphatic carbocycles. The van der Waals surface area contributed by atoms with Gasteiger partial charge in [0.2, 0.25) is 0 Å². The van der Waals surface area contributed by atoms with Crippen LogP contribution in [-0.2, 0) is 0 Å². The summed E-state index contributed by atoms with van der Waals surface area (Å²) in [5.41, 5.74) is 0.360. The van der Waals surface area contributed by atoms with E-state index in [9.17, 15) is 5.11 Å². The Labute approximate surface area is 130 Å². The highest BCUT2D eigenvalue weighted by Gasteiger charge is 2.47. The van der Waals surface area contributed by atoms with Gasteiger partial charge in [0.05, 0.1) is 5.60 Å². The monoisotopic (exact) mass is 296 g/mol. The number of benzene rings is 1. The molecule has 116 valence electrons. The first-order chi connectivity index (χ1) is 8.97. The Balaban J connectivity index is 0.00000172. The van der Waals surface area contributed by atoms with Gasteiger partial charge in [0.25, 0.3) is 0 Å². The molecule has 1 nitrogen and oxygen atoms in total. The van der Waals surface area contributed by atoms with Gasteiger partial charge < -0.3 is 5.11 Å². The molecule has 0 aliphatic heterocycles. The van der Waals surface area contributed by atoms with Gasteiger partial charge in [-0.2, -0.15) is 0 Å². The van der Waals surface area contributed by atoms with E-state index in [2.05, 4.69) is 58.9 Å². The van der Waals surface area contributed by atoms with Crippen molar-refractivity contribution in [1.29, 1.82) is 0 Å². The van der Waals surface area contributed by atoms with Crippen LogP contribution < -0.4 is 0 Å². The van der Waals surface area contributed by atoms with Crippen molar-refractivity contribution in [3.05, 3.63) is 29.8 Å². The highest BCUT2D eigenvalue weighted by atomic mass is 32.2. The second-order valence-electron chi connectivity index (χ2n) is 6.61. The smallest absolute Gasteiger partial charge is 0.0655 e. The fourth-order valence-electron chi connectivity index (χ4n) is 1.84. The normalized spacial score (nSPS) is 12.7. The van der Waals surface area contributed by atoms with Crippen molar-refractivity contribution < 1.29 is 5.11 Å². The number of thioether (sulfide) groups is 1. The predicted octanol–water partition coefficient (Wildman–Crippen LogP) is 5.69. The standard InChI is InChI=1S/C16H26OS.C2H6/c1-12-9-8-10-13(11-12)18-16(6,7)14(2,3)15(4,5)17;1-2/h8-11,17H,1-7H3;1-2H3. The van der Waals surface area contributed by atoms with E-state index in [1.807, 2.05) is 39.5 Å². The first kappa shape index (κ1) is 19.5. The van der Waals surface area contributed by atoms with E-state index >= 15 is 0 Å². The lowest BCUT2D eigenvalue weighted by atomic mass is 9.69. The molecule has 0 aromatic heterocycles. The summed E-state index contributed by atoms with van der Waals surface area (Å²) in [5.74, 6) is 0. The fraction of sp³-hybridized carbons (Fsp3) is 0.667. The molecule has 1 aromatic carbocycles. The molecule has 0 aliphatic rings. The van der Waals surface area contributed by atoms with Crippen LogP contribution in [0.3, 0.4) is 0 Å². The Morgan fingerprint density at radius 3 is 1.85 bits per heavy atom. The minimum atomic E-state index is -0.715. The molecule has 1 N–H and O–H groups in total. The van der Waals surface area contributed by atoms with E-state index in [1.165, 1.54) is 10.5 Å². The summed E-state index contributed by atoms with van der Waals surface area (Å²) in [7, 11) is 0. The second-order valence-corrected chi connectivity index (χ2v) is 8.31. The lowest BCUT2D eigenvalue weighted by Gasteiger charge is -2.48. The van der Waals surface area contributed by atoms with Crippen molar-refractivity contribution in [3.63, 3.8) is 0 Å². The average Bonchev–Trinajstić information content (AvgIpc) is 2.29. The zero-order valence-corrected chi connectivity index (χ0v) is 15.5. The molecule has 0 fully saturated rings. The van der Waals surface area contributed by atoms with Crippen LogP contribution in [-0.4, -0.2) is 15.5 Å². The number of rotatable bonds is 4. The third-order valence-corrected chi connectivity index (χ3v) is 5.91. The van der Waals surface area contributed by atoms with Crippen molar-refractivity contribution in [3.8, 4) is 0 Å². The molecular weight excluding hydrogens is 264 g/mol. The Hall–Kier alpha value is -0.470. The van der Waals surface area contributed by atoms with Crippen LogP contribution in [0.5, 0.6) is 0 Å². The van der Waals surface area contributed by atoms with Gasteiger partial charge in [0, 0.05) is 15.1 Å². The van der Waals surface area contributed by atoms with Gasteiger partial charge in [-0.15, -0.1) is 11.8 Å². The maximum Gasteiger partial charge on any atom is 0.0655 e. The number of hydrogen-bond acceptors (Lipinski definition) is 2. The SMILES string of the molecule is CC.Cc1cccc(SC(C)(C)C(C)(C)C(C)(C)O)c1. The van der Waals surface area contributed by atoms with Crippen molar-refractivity contribution in [2.45, 2.75) is 77.6 Å². The summed E-state index contributed by atoms with van der Waals surface area (Å²) in [6, 6.07) is 8.54. The van der Waals surface area contributed by atoms with Crippen molar-refractivity contribution in [2.75, 3.05) is 0 Å². The van der Waals surface area contributed by atoms with E-state index in [0.29, 0.717) is 0 Å². The van der Waals surface area contributed by atoms with Crippen LogP contribution in [0, 0.1) is 12.3 Å². The molecule has 0 heterocycles. The molecule has 0 spiro atoms. The summed E-state index contributed by atoms with van der Waals surface area (Å²) in [5, 5.41) is 10.4. The number of aryl methyl sites for hydroxylation is 1. The van der Waals surface area contributed by atoms with E-state index in [4.69, 9.17) is 0 Å².